The topological polar surface area (TPSA) is 68.9 Å². The van der Waals surface area contributed by atoms with Gasteiger partial charge in [-0.3, -0.25) is 4.79 Å². The molecule has 2 aromatic rings. The van der Waals surface area contributed by atoms with Crippen molar-refractivity contribution in [2.75, 3.05) is 5.73 Å². The first kappa shape index (κ1) is 14.8. The first-order valence-corrected chi connectivity index (χ1v) is 6.44. The molecule has 0 bridgehead atoms. The summed E-state index contributed by atoms with van der Waals surface area (Å²) in [5.41, 5.74) is 6.95. The molecular formula is C12H11ClIN3O. The smallest absolute Gasteiger partial charge is 0.151 e. The van der Waals surface area contributed by atoms with Crippen molar-refractivity contribution < 1.29 is 4.79 Å². The third-order valence-corrected chi connectivity index (χ3v) is 3.29. The van der Waals surface area contributed by atoms with E-state index in [9.17, 15) is 4.79 Å². The molecule has 0 aliphatic carbocycles. The van der Waals surface area contributed by atoms with Gasteiger partial charge >= 0.3 is 0 Å². The highest BCUT2D eigenvalue weighted by Gasteiger charge is 1.92. The SMILES string of the molecule is Cc1nc(N)ccc1I.O=Cc1ccc(Cl)nc1. The second-order valence-corrected chi connectivity index (χ2v) is 4.88. The Morgan fingerprint density at radius 3 is 2.50 bits per heavy atom. The number of nitrogens with zero attached hydrogens (tertiary/aromatic N) is 2. The number of rotatable bonds is 1. The van der Waals surface area contributed by atoms with Crippen LogP contribution in [0.1, 0.15) is 16.1 Å². The first-order chi connectivity index (χ1) is 8.52. The predicted octanol–water partition coefficient (Wildman–Crippen LogP) is 3.12. The summed E-state index contributed by atoms with van der Waals surface area (Å²) in [7, 11) is 0. The van der Waals surface area contributed by atoms with Crippen LogP contribution in [0.4, 0.5) is 5.82 Å². The zero-order chi connectivity index (χ0) is 13.5. The Balaban J connectivity index is 0.000000180. The number of carbonyl (C=O) groups is 1. The van der Waals surface area contributed by atoms with Gasteiger partial charge in [-0.2, -0.15) is 0 Å². The van der Waals surface area contributed by atoms with Crippen LogP contribution in [0.15, 0.2) is 30.5 Å². The molecule has 2 aromatic heterocycles. The van der Waals surface area contributed by atoms with Gasteiger partial charge in [0.15, 0.2) is 6.29 Å². The minimum absolute atomic E-state index is 0.403. The number of aromatic nitrogens is 2. The number of nitrogen functional groups attached to an aromatic ring is 1. The molecule has 0 fully saturated rings. The van der Waals surface area contributed by atoms with Crippen LogP contribution in [0.2, 0.25) is 5.15 Å². The van der Waals surface area contributed by atoms with E-state index < -0.39 is 0 Å². The number of aryl methyl sites for hydroxylation is 1. The van der Waals surface area contributed by atoms with Gasteiger partial charge in [0, 0.05) is 15.3 Å². The molecular weight excluding hydrogens is 365 g/mol. The van der Waals surface area contributed by atoms with E-state index >= 15 is 0 Å². The van der Waals surface area contributed by atoms with E-state index in [1.807, 2.05) is 13.0 Å². The molecule has 18 heavy (non-hydrogen) atoms. The molecule has 2 heterocycles. The Morgan fingerprint density at radius 2 is 2.06 bits per heavy atom. The molecule has 0 atom stereocenters. The maximum atomic E-state index is 10.0. The molecule has 94 valence electrons. The lowest BCUT2D eigenvalue weighted by atomic mass is 10.3. The van der Waals surface area contributed by atoms with Crippen molar-refractivity contribution in [1.82, 2.24) is 9.97 Å². The van der Waals surface area contributed by atoms with Crippen LogP contribution in [0.25, 0.3) is 0 Å². The molecule has 6 heteroatoms. The second-order valence-electron chi connectivity index (χ2n) is 3.34. The average molecular weight is 376 g/mol. The Morgan fingerprint density at radius 1 is 1.33 bits per heavy atom. The summed E-state index contributed by atoms with van der Waals surface area (Å²) < 4.78 is 1.15. The largest absolute Gasteiger partial charge is 0.384 e. The summed E-state index contributed by atoms with van der Waals surface area (Å²) in [5.74, 6) is 0.591. The minimum Gasteiger partial charge on any atom is -0.384 e. The maximum Gasteiger partial charge on any atom is 0.151 e. The number of nitrogens with two attached hydrogens (primary N) is 1. The molecule has 0 saturated heterocycles. The van der Waals surface area contributed by atoms with Crippen LogP contribution in [-0.2, 0) is 0 Å². The molecule has 4 nitrogen and oxygen atoms in total. The number of hydrogen-bond acceptors (Lipinski definition) is 4. The zero-order valence-electron chi connectivity index (χ0n) is 9.60. The molecule has 0 amide bonds. The van der Waals surface area contributed by atoms with Crippen molar-refractivity contribution in [3.05, 3.63) is 50.4 Å². The van der Waals surface area contributed by atoms with Crippen molar-refractivity contribution in [1.29, 1.82) is 0 Å². The number of halogens is 2. The summed E-state index contributed by atoms with van der Waals surface area (Å²) in [6.45, 7) is 1.94. The predicted molar refractivity (Wildman–Crippen MR) is 80.7 cm³/mol. The lowest BCUT2D eigenvalue weighted by Crippen LogP contribution is -1.92. The molecule has 0 aliphatic rings. The van der Waals surface area contributed by atoms with Gasteiger partial charge in [0.1, 0.15) is 11.0 Å². The molecule has 0 spiro atoms. The van der Waals surface area contributed by atoms with Gasteiger partial charge in [0.25, 0.3) is 0 Å². The van der Waals surface area contributed by atoms with Gasteiger partial charge in [-0.15, -0.1) is 0 Å². The Labute approximate surface area is 124 Å². The van der Waals surface area contributed by atoms with Crippen molar-refractivity contribution in [2.24, 2.45) is 0 Å². The van der Waals surface area contributed by atoms with Gasteiger partial charge < -0.3 is 5.73 Å². The molecule has 0 unspecified atom stereocenters. The van der Waals surface area contributed by atoms with Gasteiger partial charge in [0.2, 0.25) is 0 Å². The Bertz CT molecular complexity index is 531. The van der Waals surface area contributed by atoms with Gasteiger partial charge in [0.05, 0.1) is 5.69 Å². The number of hydrogen-bond donors (Lipinski definition) is 1. The number of anilines is 1. The number of pyridine rings is 2. The van der Waals surface area contributed by atoms with E-state index in [2.05, 4.69) is 32.6 Å². The lowest BCUT2D eigenvalue weighted by Gasteiger charge is -1.95. The fourth-order valence-corrected chi connectivity index (χ4v) is 1.43. The normalized spacial score (nSPS) is 9.28. The molecule has 0 aliphatic heterocycles. The third kappa shape index (κ3) is 4.97. The van der Waals surface area contributed by atoms with Crippen LogP contribution >= 0.6 is 34.2 Å². The maximum absolute atomic E-state index is 10.0. The monoisotopic (exact) mass is 375 g/mol. The van der Waals surface area contributed by atoms with E-state index in [0.29, 0.717) is 16.5 Å². The fourth-order valence-electron chi connectivity index (χ4n) is 1.02. The third-order valence-electron chi connectivity index (χ3n) is 1.93. The summed E-state index contributed by atoms with van der Waals surface area (Å²) in [4.78, 5) is 17.8. The first-order valence-electron chi connectivity index (χ1n) is 4.98. The standard InChI is InChI=1S/C6H4ClNO.C6H7IN2/c7-6-2-1-5(4-9)3-8-6;1-4-5(7)2-3-6(8)9-4/h1-4H;2-3H,1H3,(H2,8,9). The van der Waals surface area contributed by atoms with Crippen LogP contribution in [0.3, 0.4) is 0 Å². The van der Waals surface area contributed by atoms with Crippen LogP contribution in [-0.4, -0.2) is 16.3 Å². The highest BCUT2D eigenvalue weighted by atomic mass is 127. The lowest BCUT2D eigenvalue weighted by molar-refractivity contribution is 0.112. The summed E-state index contributed by atoms with van der Waals surface area (Å²) in [6.07, 6.45) is 2.15. The molecule has 2 rings (SSSR count). The number of carbonyl (C=O) groups excluding carboxylic acids is 1. The van der Waals surface area contributed by atoms with Crippen molar-refractivity contribution in [2.45, 2.75) is 6.92 Å². The highest BCUT2D eigenvalue weighted by Crippen LogP contribution is 2.09. The molecule has 0 radical (unpaired) electrons. The van der Waals surface area contributed by atoms with Crippen molar-refractivity contribution >= 4 is 46.3 Å². The molecule has 0 aromatic carbocycles. The summed E-state index contributed by atoms with van der Waals surface area (Å²) >= 11 is 7.66. The van der Waals surface area contributed by atoms with E-state index in [1.165, 1.54) is 6.20 Å². The Hall–Kier alpha value is -1.21. The van der Waals surface area contributed by atoms with Crippen LogP contribution < -0.4 is 5.73 Å². The van der Waals surface area contributed by atoms with Gasteiger partial charge in [-0.1, -0.05) is 11.6 Å². The quantitative estimate of drug-likeness (QED) is 0.472. The van der Waals surface area contributed by atoms with Crippen molar-refractivity contribution in [3.8, 4) is 0 Å². The molecule has 2 N–H and O–H groups in total. The van der Waals surface area contributed by atoms with E-state index in [0.717, 1.165) is 15.6 Å². The fraction of sp³-hybridized carbons (Fsp3) is 0.0833. The van der Waals surface area contributed by atoms with Crippen molar-refractivity contribution in [3.63, 3.8) is 0 Å². The van der Waals surface area contributed by atoms with Crippen LogP contribution in [0, 0.1) is 10.5 Å². The summed E-state index contributed by atoms with van der Waals surface area (Å²) in [5, 5.41) is 0.403. The second kappa shape index (κ2) is 7.27. The summed E-state index contributed by atoms with van der Waals surface area (Å²) in [6, 6.07) is 6.95. The van der Waals surface area contributed by atoms with E-state index in [-0.39, 0.29) is 0 Å². The number of aldehydes is 1. The van der Waals surface area contributed by atoms with Gasteiger partial charge in [-0.05, 0) is 53.8 Å². The van der Waals surface area contributed by atoms with E-state index in [4.69, 9.17) is 17.3 Å². The average Bonchev–Trinajstić information content (AvgIpc) is 2.36. The highest BCUT2D eigenvalue weighted by molar-refractivity contribution is 14.1. The van der Waals surface area contributed by atoms with Gasteiger partial charge in [-0.25, -0.2) is 9.97 Å². The minimum atomic E-state index is 0.403. The van der Waals surface area contributed by atoms with Crippen LogP contribution in [0.5, 0.6) is 0 Å². The zero-order valence-corrected chi connectivity index (χ0v) is 12.5. The van der Waals surface area contributed by atoms with E-state index in [1.54, 1.807) is 18.2 Å². The Kier molecular flexibility index (Phi) is 6.00. The molecule has 0 saturated carbocycles.